The summed E-state index contributed by atoms with van der Waals surface area (Å²) in [7, 11) is 1.61. The maximum atomic E-state index is 14.2. The summed E-state index contributed by atoms with van der Waals surface area (Å²) in [5.74, 6) is 3.05. The normalized spacial score (nSPS) is 29.5. The summed E-state index contributed by atoms with van der Waals surface area (Å²) in [6, 6.07) is 5.76. The van der Waals surface area contributed by atoms with Crippen molar-refractivity contribution in [2.45, 2.75) is 76.7 Å². The van der Waals surface area contributed by atoms with E-state index in [2.05, 4.69) is 18.7 Å². The van der Waals surface area contributed by atoms with Gasteiger partial charge >= 0.3 is 0 Å². The second kappa shape index (κ2) is 9.69. The molecule has 0 saturated heterocycles. The number of hydrogen-bond acceptors (Lipinski definition) is 1. The van der Waals surface area contributed by atoms with E-state index >= 15 is 0 Å². The Labute approximate surface area is 159 Å². The third kappa shape index (κ3) is 5.19. The van der Waals surface area contributed by atoms with E-state index in [0.717, 1.165) is 17.8 Å². The van der Waals surface area contributed by atoms with Crippen LogP contribution in [0.1, 0.15) is 81.3 Å². The Balaban J connectivity index is 1.41. The Morgan fingerprint density at radius 2 is 1.62 bits per heavy atom. The molecule has 0 atom stereocenters. The highest BCUT2D eigenvalue weighted by molar-refractivity contribution is 5.27. The van der Waals surface area contributed by atoms with E-state index in [1.54, 1.807) is 13.2 Å². The highest BCUT2D eigenvalue weighted by Crippen LogP contribution is 2.40. The lowest BCUT2D eigenvalue weighted by Crippen LogP contribution is -2.17. The molecule has 144 valence electrons. The molecule has 0 N–H and O–H groups in total. The van der Waals surface area contributed by atoms with Gasteiger partial charge in [-0.25, -0.2) is 4.39 Å². The zero-order chi connectivity index (χ0) is 18.4. The van der Waals surface area contributed by atoms with Crippen LogP contribution >= 0.6 is 0 Å². The monoisotopic (exact) mass is 358 g/mol. The van der Waals surface area contributed by atoms with Gasteiger partial charge in [0.1, 0.15) is 5.82 Å². The summed E-state index contributed by atoms with van der Waals surface area (Å²) in [6.45, 7) is 4.31. The van der Waals surface area contributed by atoms with Gasteiger partial charge in [0.25, 0.3) is 0 Å². The minimum absolute atomic E-state index is 0.110. The molecule has 1 aromatic carbocycles. The molecule has 2 heteroatoms. The van der Waals surface area contributed by atoms with Crippen LogP contribution in [0.2, 0.25) is 0 Å². The molecule has 0 amide bonds. The molecule has 0 aromatic heterocycles. The van der Waals surface area contributed by atoms with Gasteiger partial charge in [-0.2, -0.15) is 0 Å². The maximum Gasteiger partial charge on any atom is 0.129 e. The molecular formula is C24H35FO. The Kier molecular flexibility index (Phi) is 7.31. The van der Waals surface area contributed by atoms with Crippen molar-refractivity contribution in [1.82, 2.24) is 0 Å². The van der Waals surface area contributed by atoms with Gasteiger partial charge in [0.15, 0.2) is 0 Å². The molecule has 1 nitrogen and oxygen atoms in total. The minimum atomic E-state index is -0.110. The molecular weight excluding hydrogens is 323 g/mol. The van der Waals surface area contributed by atoms with Crippen molar-refractivity contribution in [1.29, 1.82) is 0 Å². The van der Waals surface area contributed by atoms with E-state index in [0.29, 0.717) is 18.1 Å². The van der Waals surface area contributed by atoms with Gasteiger partial charge in [-0.05, 0) is 86.7 Å². The van der Waals surface area contributed by atoms with E-state index < -0.39 is 0 Å². The summed E-state index contributed by atoms with van der Waals surface area (Å²) in [6.07, 6.45) is 15.5. The first-order valence-corrected chi connectivity index (χ1v) is 10.6. The number of ether oxygens (including phenoxy) is 1. The molecule has 2 aliphatic carbocycles. The second-order valence-corrected chi connectivity index (χ2v) is 8.60. The van der Waals surface area contributed by atoms with Gasteiger partial charge in [0.2, 0.25) is 0 Å². The summed E-state index contributed by atoms with van der Waals surface area (Å²) in [5.41, 5.74) is 1.85. The van der Waals surface area contributed by atoms with Crippen molar-refractivity contribution in [2.24, 2.45) is 17.8 Å². The van der Waals surface area contributed by atoms with Crippen LogP contribution in [0.4, 0.5) is 4.39 Å². The van der Waals surface area contributed by atoms with Gasteiger partial charge in [-0.1, -0.05) is 31.1 Å². The zero-order valence-corrected chi connectivity index (χ0v) is 16.4. The zero-order valence-electron chi connectivity index (χ0n) is 16.4. The van der Waals surface area contributed by atoms with Crippen molar-refractivity contribution in [3.8, 4) is 0 Å². The molecule has 2 fully saturated rings. The van der Waals surface area contributed by atoms with Gasteiger partial charge in [0, 0.05) is 12.7 Å². The fourth-order valence-electron chi connectivity index (χ4n) is 5.06. The molecule has 0 aliphatic heterocycles. The fourth-order valence-corrected chi connectivity index (χ4v) is 5.06. The third-order valence-corrected chi connectivity index (χ3v) is 6.90. The lowest BCUT2D eigenvalue weighted by Gasteiger charge is -2.31. The number of methoxy groups -OCH3 is 1. The number of rotatable bonds is 7. The molecule has 2 aliphatic rings. The predicted octanol–water partition coefficient (Wildman–Crippen LogP) is 7.02. The average molecular weight is 359 g/mol. The average Bonchev–Trinajstić information content (AvgIpc) is 2.69. The standard InChI is InChI=1S/C24H35FO/c1-3-18-4-6-19(7-5-18)8-9-20-10-12-21(13-11-20)22-14-15-23(17-26-2)24(25)16-22/h3,14-16,18-21H,1,4-13,17H2,2H3/t18-,19-,20?,21?. The maximum absolute atomic E-state index is 14.2. The fraction of sp³-hybridized carbons (Fsp3) is 0.667. The summed E-state index contributed by atoms with van der Waals surface area (Å²) in [4.78, 5) is 0. The number of benzene rings is 1. The van der Waals surface area contributed by atoms with Crippen LogP contribution in [0.3, 0.4) is 0 Å². The van der Waals surface area contributed by atoms with Gasteiger partial charge in [-0.3, -0.25) is 0 Å². The summed E-state index contributed by atoms with van der Waals surface area (Å²) in [5, 5.41) is 0. The Bertz CT molecular complexity index is 566. The number of allylic oxidation sites excluding steroid dienone is 1. The van der Waals surface area contributed by atoms with E-state index in [1.165, 1.54) is 69.8 Å². The number of halogens is 1. The SMILES string of the molecule is C=C[C@H]1CC[C@H](CCC2CCC(c3ccc(COC)c(F)c3)CC2)CC1. The number of hydrogen-bond donors (Lipinski definition) is 0. The van der Waals surface area contributed by atoms with Crippen molar-refractivity contribution in [3.63, 3.8) is 0 Å². The van der Waals surface area contributed by atoms with E-state index in [9.17, 15) is 4.39 Å². The van der Waals surface area contributed by atoms with Crippen molar-refractivity contribution >= 4 is 0 Å². The van der Waals surface area contributed by atoms with Crippen molar-refractivity contribution in [2.75, 3.05) is 7.11 Å². The lowest BCUT2D eigenvalue weighted by molar-refractivity contribution is 0.181. The molecule has 0 bridgehead atoms. The molecule has 0 unspecified atom stereocenters. The highest BCUT2D eigenvalue weighted by atomic mass is 19.1. The minimum Gasteiger partial charge on any atom is -0.380 e. The van der Waals surface area contributed by atoms with Crippen LogP contribution in [0.5, 0.6) is 0 Å². The molecule has 3 rings (SSSR count). The molecule has 2 saturated carbocycles. The van der Waals surface area contributed by atoms with Crippen LogP contribution in [0.25, 0.3) is 0 Å². The van der Waals surface area contributed by atoms with Gasteiger partial charge in [-0.15, -0.1) is 6.58 Å². The quantitative estimate of drug-likeness (QED) is 0.476. The first-order valence-electron chi connectivity index (χ1n) is 10.6. The predicted molar refractivity (Wildman–Crippen MR) is 107 cm³/mol. The molecule has 26 heavy (non-hydrogen) atoms. The second-order valence-electron chi connectivity index (χ2n) is 8.60. The van der Waals surface area contributed by atoms with Crippen LogP contribution < -0.4 is 0 Å². The van der Waals surface area contributed by atoms with E-state index in [1.807, 2.05) is 6.07 Å². The van der Waals surface area contributed by atoms with Crippen LogP contribution in [-0.4, -0.2) is 7.11 Å². The van der Waals surface area contributed by atoms with E-state index in [4.69, 9.17) is 4.74 Å². The Morgan fingerprint density at radius 3 is 2.15 bits per heavy atom. The summed E-state index contributed by atoms with van der Waals surface area (Å²) >= 11 is 0. The van der Waals surface area contributed by atoms with Gasteiger partial charge < -0.3 is 4.74 Å². The van der Waals surface area contributed by atoms with E-state index in [-0.39, 0.29) is 5.82 Å². The highest BCUT2D eigenvalue weighted by Gasteiger charge is 2.25. The topological polar surface area (TPSA) is 9.23 Å². The third-order valence-electron chi connectivity index (χ3n) is 6.90. The largest absolute Gasteiger partial charge is 0.380 e. The van der Waals surface area contributed by atoms with Crippen molar-refractivity contribution in [3.05, 3.63) is 47.8 Å². The molecule has 0 radical (unpaired) electrons. The molecule has 0 heterocycles. The smallest absolute Gasteiger partial charge is 0.129 e. The molecule has 1 aromatic rings. The van der Waals surface area contributed by atoms with Crippen molar-refractivity contribution < 1.29 is 9.13 Å². The first kappa shape index (κ1) is 19.6. The Morgan fingerprint density at radius 1 is 1.00 bits per heavy atom. The Hall–Kier alpha value is -1.15. The summed E-state index contributed by atoms with van der Waals surface area (Å²) < 4.78 is 19.2. The van der Waals surface area contributed by atoms with Crippen LogP contribution in [0, 0.1) is 23.6 Å². The lowest BCUT2D eigenvalue weighted by atomic mass is 9.74. The van der Waals surface area contributed by atoms with Crippen LogP contribution in [0.15, 0.2) is 30.9 Å². The van der Waals surface area contributed by atoms with Gasteiger partial charge in [0.05, 0.1) is 6.61 Å². The first-order chi connectivity index (χ1) is 12.7. The van der Waals surface area contributed by atoms with Crippen LogP contribution in [-0.2, 0) is 11.3 Å². The molecule has 0 spiro atoms.